The molecule has 0 aliphatic rings. The van der Waals surface area contributed by atoms with Crippen molar-refractivity contribution in [2.75, 3.05) is 33.6 Å². The summed E-state index contributed by atoms with van der Waals surface area (Å²) >= 11 is 0. The quantitative estimate of drug-likeness (QED) is 0.786. The molecule has 0 saturated heterocycles. The smallest absolute Gasteiger partial charge is 0.157 e. The molecule has 0 aromatic heterocycles. The summed E-state index contributed by atoms with van der Waals surface area (Å²) in [5.74, 6) is 0.775. The Labute approximate surface area is 121 Å². The third-order valence-corrected chi connectivity index (χ3v) is 5.53. The highest BCUT2D eigenvalue weighted by Gasteiger charge is 2.29. The Balaban J connectivity index is 2.93. The fraction of sp³-hybridized carbons (Fsp3) is 0.571. The van der Waals surface area contributed by atoms with E-state index in [-0.39, 0.29) is 18.4 Å². The van der Waals surface area contributed by atoms with Crippen LogP contribution in [-0.4, -0.2) is 47.3 Å². The molecule has 0 aliphatic heterocycles. The van der Waals surface area contributed by atoms with Crippen LogP contribution in [0.3, 0.4) is 0 Å². The molecule has 2 atom stereocenters. The first-order chi connectivity index (χ1) is 9.46. The van der Waals surface area contributed by atoms with E-state index in [0.29, 0.717) is 0 Å². The molecule has 5 nitrogen and oxygen atoms in total. The minimum atomic E-state index is -3.22. The fourth-order valence-corrected chi connectivity index (χ4v) is 3.56. The average molecular weight is 301 g/mol. The van der Waals surface area contributed by atoms with E-state index in [4.69, 9.17) is 9.47 Å². The van der Waals surface area contributed by atoms with Crippen LogP contribution in [0.1, 0.15) is 18.5 Å². The van der Waals surface area contributed by atoms with Gasteiger partial charge in [0.05, 0.1) is 24.7 Å². The lowest BCUT2D eigenvalue weighted by Crippen LogP contribution is -2.35. The first kappa shape index (κ1) is 16.9. The van der Waals surface area contributed by atoms with Gasteiger partial charge in [0.25, 0.3) is 0 Å². The summed E-state index contributed by atoms with van der Waals surface area (Å²) in [6, 6.07) is 7.15. The lowest BCUT2D eigenvalue weighted by Gasteiger charge is -2.24. The second-order valence-corrected chi connectivity index (χ2v) is 7.08. The average Bonchev–Trinajstić information content (AvgIpc) is 2.46. The zero-order chi connectivity index (χ0) is 15.2. The molecule has 1 aromatic carbocycles. The van der Waals surface area contributed by atoms with Crippen LogP contribution in [0.25, 0.3) is 0 Å². The molecule has 1 aromatic rings. The molecule has 1 N–H and O–H groups in total. The molecule has 6 heteroatoms. The molecule has 0 heterocycles. The number of methoxy groups -OCH3 is 2. The van der Waals surface area contributed by atoms with Crippen LogP contribution in [0.2, 0.25) is 0 Å². The second kappa shape index (κ2) is 7.61. The van der Waals surface area contributed by atoms with Crippen molar-refractivity contribution in [1.82, 2.24) is 5.32 Å². The lowest BCUT2D eigenvalue weighted by molar-refractivity contribution is 0.217. The van der Waals surface area contributed by atoms with Crippen molar-refractivity contribution in [3.8, 4) is 5.75 Å². The SMILES string of the molecule is CNC(c1ccc(OC)cc1)C(C)S(=O)(=O)CCOC. The molecule has 2 unspecified atom stereocenters. The Morgan fingerprint density at radius 3 is 2.25 bits per heavy atom. The van der Waals surface area contributed by atoms with Gasteiger partial charge in [-0.1, -0.05) is 12.1 Å². The minimum Gasteiger partial charge on any atom is -0.497 e. The van der Waals surface area contributed by atoms with Crippen molar-refractivity contribution in [3.05, 3.63) is 29.8 Å². The lowest BCUT2D eigenvalue weighted by atomic mass is 10.0. The van der Waals surface area contributed by atoms with Gasteiger partial charge in [-0.05, 0) is 31.7 Å². The number of hydrogen-bond acceptors (Lipinski definition) is 5. The summed E-state index contributed by atoms with van der Waals surface area (Å²) < 4.78 is 34.5. The molecule has 1 rings (SSSR count). The van der Waals surface area contributed by atoms with Gasteiger partial charge in [-0.25, -0.2) is 8.42 Å². The van der Waals surface area contributed by atoms with Crippen LogP contribution in [0, 0.1) is 0 Å². The maximum absolute atomic E-state index is 12.2. The first-order valence-corrected chi connectivity index (χ1v) is 8.19. The molecule has 0 amide bonds. The molecule has 0 radical (unpaired) electrons. The minimum absolute atomic E-state index is 0.0268. The Morgan fingerprint density at radius 2 is 1.80 bits per heavy atom. The van der Waals surface area contributed by atoms with Gasteiger partial charge in [-0.2, -0.15) is 0 Å². The summed E-state index contributed by atoms with van der Waals surface area (Å²) in [6.07, 6.45) is 0. The van der Waals surface area contributed by atoms with Crippen LogP contribution in [0.15, 0.2) is 24.3 Å². The van der Waals surface area contributed by atoms with E-state index in [1.54, 1.807) is 21.1 Å². The van der Waals surface area contributed by atoms with Crippen LogP contribution >= 0.6 is 0 Å². The Morgan fingerprint density at radius 1 is 1.20 bits per heavy atom. The van der Waals surface area contributed by atoms with Crippen molar-refractivity contribution in [3.63, 3.8) is 0 Å². The topological polar surface area (TPSA) is 64.6 Å². The largest absolute Gasteiger partial charge is 0.497 e. The first-order valence-electron chi connectivity index (χ1n) is 6.48. The van der Waals surface area contributed by atoms with Gasteiger partial charge < -0.3 is 14.8 Å². The van der Waals surface area contributed by atoms with E-state index in [2.05, 4.69) is 5.32 Å². The van der Waals surface area contributed by atoms with E-state index in [1.165, 1.54) is 7.11 Å². The highest BCUT2D eigenvalue weighted by molar-refractivity contribution is 7.92. The third kappa shape index (κ3) is 4.19. The number of nitrogens with one attached hydrogen (secondary N) is 1. The van der Waals surface area contributed by atoms with Gasteiger partial charge >= 0.3 is 0 Å². The highest BCUT2D eigenvalue weighted by atomic mass is 32.2. The van der Waals surface area contributed by atoms with E-state index in [0.717, 1.165) is 11.3 Å². The fourth-order valence-electron chi connectivity index (χ4n) is 2.08. The van der Waals surface area contributed by atoms with Gasteiger partial charge in [-0.3, -0.25) is 0 Å². The van der Waals surface area contributed by atoms with Crippen molar-refractivity contribution in [1.29, 1.82) is 0 Å². The Kier molecular flexibility index (Phi) is 6.45. The molecule has 0 saturated carbocycles. The molecular formula is C14H23NO4S. The van der Waals surface area contributed by atoms with Gasteiger partial charge in [0.2, 0.25) is 0 Å². The van der Waals surface area contributed by atoms with Crippen molar-refractivity contribution >= 4 is 9.84 Å². The normalized spacial score (nSPS) is 14.8. The summed E-state index contributed by atoms with van der Waals surface area (Å²) in [6.45, 7) is 1.93. The molecule has 0 aliphatic carbocycles. The van der Waals surface area contributed by atoms with Crippen LogP contribution < -0.4 is 10.1 Å². The summed E-state index contributed by atoms with van der Waals surface area (Å²) in [5, 5.41) is 2.55. The molecular weight excluding hydrogens is 278 g/mol. The van der Waals surface area contributed by atoms with Gasteiger partial charge in [0.1, 0.15) is 5.75 Å². The van der Waals surface area contributed by atoms with Crippen LogP contribution in [-0.2, 0) is 14.6 Å². The highest BCUT2D eigenvalue weighted by Crippen LogP contribution is 2.24. The van der Waals surface area contributed by atoms with Crippen molar-refractivity contribution in [2.45, 2.75) is 18.2 Å². The van der Waals surface area contributed by atoms with E-state index in [1.807, 2.05) is 24.3 Å². The standard InChI is InChI=1S/C14H23NO4S/c1-11(20(16,17)10-9-18-3)14(15-2)12-5-7-13(19-4)8-6-12/h5-8,11,14-15H,9-10H2,1-4H3. The van der Waals surface area contributed by atoms with E-state index < -0.39 is 15.1 Å². The third-order valence-electron chi connectivity index (χ3n) is 3.39. The van der Waals surface area contributed by atoms with E-state index >= 15 is 0 Å². The number of ether oxygens (including phenoxy) is 2. The zero-order valence-corrected chi connectivity index (χ0v) is 13.2. The summed E-state index contributed by atoms with van der Waals surface area (Å²) in [4.78, 5) is 0. The van der Waals surface area contributed by atoms with Crippen LogP contribution in [0.4, 0.5) is 0 Å². The summed E-state index contributed by atoms with van der Waals surface area (Å²) in [5.41, 5.74) is 0.918. The predicted molar refractivity (Wildman–Crippen MR) is 79.9 cm³/mol. The zero-order valence-electron chi connectivity index (χ0n) is 12.4. The number of sulfone groups is 1. The maximum Gasteiger partial charge on any atom is 0.157 e. The van der Waals surface area contributed by atoms with Crippen molar-refractivity contribution < 1.29 is 17.9 Å². The van der Waals surface area contributed by atoms with Crippen LogP contribution in [0.5, 0.6) is 5.75 Å². The molecule has 20 heavy (non-hydrogen) atoms. The Bertz CT molecular complexity index is 498. The monoisotopic (exact) mass is 301 g/mol. The molecule has 0 bridgehead atoms. The number of benzene rings is 1. The molecule has 0 fully saturated rings. The summed E-state index contributed by atoms with van der Waals surface area (Å²) in [7, 11) is 1.64. The molecule has 114 valence electrons. The second-order valence-electron chi connectivity index (χ2n) is 4.60. The predicted octanol–water partition coefficient (Wildman–Crippen LogP) is 1.41. The number of rotatable bonds is 8. The van der Waals surface area contributed by atoms with Gasteiger partial charge in [0.15, 0.2) is 9.84 Å². The molecule has 0 spiro atoms. The van der Waals surface area contributed by atoms with Crippen molar-refractivity contribution in [2.24, 2.45) is 0 Å². The Hall–Kier alpha value is -1.11. The number of hydrogen-bond donors (Lipinski definition) is 1. The van der Waals surface area contributed by atoms with Gasteiger partial charge in [-0.15, -0.1) is 0 Å². The maximum atomic E-state index is 12.2. The van der Waals surface area contributed by atoms with Gasteiger partial charge in [0, 0.05) is 13.2 Å². The van der Waals surface area contributed by atoms with E-state index in [9.17, 15) is 8.42 Å².